The van der Waals surface area contributed by atoms with Gasteiger partial charge >= 0.3 is 0 Å². The van der Waals surface area contributed by atoms with Crippen molar-refractivity contribution in [2.45, 2.75) is 19.4 Å². The fourth-order valence-electron chi connectivity index (χ4n) is 1.48. The molecule has 0 amide bonds. The third-order valence-corrected chi connectivity index (χ3v) is 2.39. The third kappa shape index (κ3) is 3.26. The Kier molecular flexibility index (Phi) is 4.18. The highest BCUT2D eigenvalue weighted by atomic mass is 35.5. The molecule has 0 radical (unpaired) electrons. The summed E-state index contributed by atoms with van der Waals surface area (Å²) in [4.78, 5) is 0. The van der Waals surface area contributed by atoms with Gasteiger partial charge < -0.3 is 10.5 Å². The standard InChI is InChI=1S/C12H16ClNO/c1-8(2)6-11(14)10-7-9(13)4-5-12(10)15-3/h4-5,7,11H,1,6,14H2,2-3H3/t11-/m1/s1. The average molecular weight is 226 g/mol. The molecule has 0 aromatic heterocycles. The zero-order valence-electron chi connectivity index (χ0n) is 9.09. The van der Waals surface area contributed by atoms with Gasteiger partial charge in [0.1, 0.15) is 5.75 Å². The quantitative estimate of drug-likeness (QED) is 0.798. The molecule has 0 bridgehead atoms. The number of benzene rings is 1. The fraction of sp³-hybridized carbons (Fsp3) is 0.333. The maximum atomic E-state index is 6.04. The van der Waals surface area contributed by atoms with Crippen molar-refractivity contribution in [1.29, 1.82) is 0 Å². The van der Waals surface area contributed by atoms with E-state index < -0.39 is 0 Å². The molecule has 0 saturated carbocycles. The summed E-state index contributed by atoms with van der Waals surface area (Å²) in [5, 5.41) is 0.669. The number of hydrogen-bond donors (Lipinski definition) is 1. The van der Waals surface area contributed by atoms with Crippen molar-refractivity contribution in [2.24, 2.45) is 5.73 Å². The molecule has 0 saturated heterocycles. The Labute approximate surface area is 95.7 Å². The van der Waals surface area contributed by atoms with Crippen LogP contribution in [-0.2, 0) is 0 Å². The molecule has 1 atom stereocenters. The minimum atomic E-state index is -0.115. The summed E-state index contributed by atoms with van der Waals surface area (Å²) in [6, 6.07) is 5.34. The van der Waals surface area contributed by atoms with Gasteiger partial charge in [-0.1, -0.05) is 17.2 Å². The summed E-state index contributed by atoms with van der Waals surface area (Å²) < 4.78 is 5.23. The highest BCUT2D eigenvalue weighted by Crippen LogP contribution is 2.29. The lowest BCUT2D eigenvalue weighted by Crippen LogP contribution is -2.11. The van der Waals surface area contributed by atoms with Crippen LogP contribution in [0.5, 0.6) is 5.75 Å². The molecule has 2 nitrogen and oxygen atoms in total. The Balaban J connectivity index is 2.99. The Hall–Kier alpha value is -0.990. The van der Waals surface area contributed by atoms with Crippen molar-refractivity contribution in [2.75, 3.05) is 7.11 Å². The minimum Gasteiger partial charge on any atom is -0.496 e. The number of rotatable bonds is 4. The Bertz CT molecular complexity index is 363. The Morgan fingerprint density at radius 1 is 1.60 bits per heavy atom. The van der Waals surface area contributed by atoms with Crippen LogP contribution in [0.25, 0.3) is 0 Å². The van der Waals surface area contributed by atoms with Gasteiger partial charge in [0.05, 0.1) is 7.11 Å². The van der Waals surface area contributed by atoms with Gasteiger partial charge in [0.25, 0.3) is 0 Å². The summed E-state index contributed by atoms with van der Waals surface area (Å²) >= 11 is 5.92. The van der Waals surface area contributed by atoms with Crippen molar-refractivity contribution in [3.05, 3.63) is 40.9 Å². The third-order valence-electron chi connectivity index (χ3n) is 2.16. The van der Waals surface area contributed by atoms with Crippen LogP contribution in [0.2, 0.25) is 5.02 Å². The van der Waals surface area contributed by atoms with Crippen molar-refractivity contribution in [3.63, 3.8) is 0 Å². The largest absolute Gasteiger partial charge is 0.496 e. The summed E-state index contributed by atoms with van der Waals surface area (Å²) in [5.74, 6) is 0.771. The van der Waals surface area contributed by atoms with Gasteiger partial charge in [-0.2, -0.15) is 0 Å². The lowest BCUT2D eigenvalue weighted by molar-refractivity contribution is 0.405. The molecular weight excluding hydrogens is 210 g/mol. The van der Waals surface area contributed by atoms with Crippen molar-refractivity contribution in [3.8, 4) is 5.75 Å². The monoisotopic (exact) mass is 225 g/mol. The summed E-state index contributed by atoms with van der Waals surface area (Å²) in [7, 11) is 1.63. The first-order chi connectivity index (χ1) is 7.04. The van der Waals surface area contributed by atoms with E-state index in [4.69, 9.17) is 22.1 Å². The second kappa shape index (κ2) is 5.19. The second-order valence-corrected chi connectivity index (χ2v) is 4.09. The van der Waals surface area contributed by atoms with Gasteiger partial charge in [0.15, 0.2) is 0 Å². The van der Waals surface area contributed by atoms with Crippen molar-refractivity contribution < 1.29 is 4.74 Å². The molecule has 0 spiro atoms. The normalized spacial score (nSPS) is 12.3. The van der Waals surface area contributed by atoms with Gasteiger partial charge in [-0.25, -0.2) is 0 Å². The lowest BCUT2D eigenvalue weighted by atomic mass is 10.0. The van der Waals surface area contributed by atoms with E-state index in [2.05, 4.69) is 6.58 Å². The van der Waals surface area contributed by atoms with Gasteiger partial charge in [0.2, 0.25) is 0 Å². The van der Waals surface area contributed by atoms with Crippen LogP contribution in [0.1, 0.15) is 24.9 Å². The summed E-state index contributed by atoms with van der Waals surface area (Å²) in [6.07, 6.45) is 0.733. The fourth-order valence-corrected chi connectivity index (χ4v) is 1.66. The number of methoxy groups -OCH3 is 1. The van der Waals surface area contributed by atoms with E-state index in [1.807, 2.05) is 19.1 Å². The maximum absolute atomic E-state index is 6.04. The van der Waals surface area contributed by atoms with E-state index in [0.29, 0.717) is 5.02 Å². The molecule has 82 valence electrons. The van der Waals surface area contributed by atoms with Crippen LogP contribution in [0.3, 0.4) is 0 Å². The summed E-state index contributed by atoms with van der Waals surface area (Å²) in [5.41, 5.74) is 8.01. The maximum Gasteiger partial charge on any atom is 0.123 e. The molecule has 0 aliphatic rings. The second-order valence-electron chi connectivity index (χ2n) is 3.65. The molecule has 1 rings (SSSR count). The number of halogens is 1. The van der Waals surface area contributed by atoms with Gasteiger partial charge in [-0.05, 0) is 31.5 Å². The topological polar surface area (TPSA) is 35.2 Å². The van der Waals surface area contributed by atoms with E-state index in [-0.39, 0.29) is 6.04 Å². The smallest absolute Gasteiger partial charge is 0.123 e. The molecule has 15 heavy (non-hydrogen) atoms. The molecule has 0 heterocycles. The number of hydrogen-bond acceptors (Lipinski definition) is 2. The van der Waals surface area contributed by atoms with Crippen LogP contribution in [0.15, 0.2) is 30.4 Å². The highest BCUT2D eigenvalue weighted by Gasteiger charge is 2.12. The van der Waals surface area contributed by atoms with Gasteiger partial charge in [0, 0.05) is 16.6 Å². The van der Waals surface area contributed by atoms with Crippen LogP contribution >= 0.6 is 11.6 Å². The number of nitrogens with two attached hydrogens (primary N) is 1. The molecule has 1 aromatic carbocycles. The van der Waals surface area contributed by atoms with E-state index in [1.165, 1.54) is 0 Å². The molecule has 0 unspecified atom stereocenters. The lowest BCUT2D eigenvalue weighted by Gasteiger charge is -2.15. The molecule has 0 fully saturated rings. The van der Waals surface area contributed by atoms with Gasteiger partial charge in [-0.15, -0.1) is 6.58 Å². The first-order valence-electron chi connectivity index (χ1n) is 4.78. The highest BCUT2D eigenvalue weighted by molar-refractivity contribution is 6.30. The van der Waals surface area contributed by atoms with Crippen LogP contribution < -0.4 is 10.5 Å². The molecule has 2 N–H and O–H groups in total. The average Bonchev–Trinajstić information content (AvgIpc) is 2.16. The van der Waals surface area contributed by atoms with E-state index >= 15 is 0 Å². The molecule has 0 aliphatic carbocycles. The molecular formula is C12H16ClNO. The summed E-state index contributed by atoms with van der Waals surface area (Å²) in [6.45, 7) is 5.80. The first-order valence-corrected chi connectivity index (χ1v) is 5.15. The van der Waals surface area contributed by atoms with Gasteiger partial charge in [-0.3, -0.25) is 0 Å². The molecule has 3 heteroatoms. The van der Waals surface area contributed by atoms with Crippen LogP contribution in [0, 0.1) is 0 Å². The predicted molar refractivity (Wildman–Crippen MR) is 64.4 cm³/mol. The van der Waals surface area contributed by atoms with E-state index in [0.717, 1.165) is 23.3 Å². The predicted octanol–water partition coefficient (Wildman–Crippen LogP) is 3.31. The Morgan fingerprint density at radius 3 is 2.80 bits per heavy atom. The number of ether oxygens (including phenoxy) is 1. The molecule has 1 aromatic rings. The zero-order valence-corrected chi connectivity index (χ0v) is 9.84. The van der Waals surface area contributed by atoms with E-state index in [1.54, 1.807) is 13.2 Å². The van der Waals surface area contributed by atoms with Crippen LogP contribution in [0.4, 0.5) is 0 Å². The van der Waals surface area contributed by atoms with E-state index in [9.17, 15) is 0 Å². The Morgan fingerprint density at radius 2 is 2.27 bits per heavy atom. The minimum absolute atomic E-state index is 0.115. The SMILES string of the molecule is C=C(C)C[C@@H](N)c1cc(Cl)ccc1OC. The van der Waals surface area contributed by atoms with Crippen molar-refractivity contribution >= 4 is 11.6 Å². The first kappa shape index (κ1) is 12.1. The van der Waals surface area contributed by atoms with Crippen molar-refractivity contribution in [1.82, 2.24) is 0 Å². The zero-order chi connectivity index (χ0) is 11.4. The molecule has 0 aliphatic heterocycles. The van der Waals surface area contributed by atoms with Crippen LogP contribution in [-0.4, -0.2) is 7.11 Å².